The molecule has 3 aromatic carbocycles. The fraction of sp³-hybridized carbons (Fsp3) is 0.120. The highest BCUT2D eigenvalue weighted by molar-refractivity contribution is 6.15. The fourth-order valence-corrected chi connectivity index (χ4v) is 3.19. The molecule has 0 spiro atoms. The van der Waals surface area contributed by atoms with E-state index < -0.39 is 11.8 Å². The molecule has 31 heavy (non-hydrogen) atoms. The predicted octanol–water partition coefficient (Wildman–Crippen LogP) is 4.87. The van der Waals surface area contributed by atoms with E-state index >= 15 is 0 Å². The first-order valence-corrected chi connectivity index (χ1v) is 9.67. The van der Waals surface area contributed by atoms with E-state index in [-0.39, 0.29) is 24.8 Å². The number of carbonyl (C=O) groups excluding carboxylic acids is 2. The Kier molecular flexibility index (Phi) is 5.80. The molecule has 0 fully saturated rings. The van der Waals surface area contributed by atoms with Gasteiger partial charge in [0.25, 0.3) is 0 Å². The van der Waals surface area contributed by atoms with E-state index in [0.717, 1.165) is 5.56 Å². The first kappa shape index (κ1) is 20.3. The van der Waals surface area contributed by atoms with Gasteiger partial charge in [0.05, 0.1) is 5.56 Å². The molecule has 0 N–H and O–H groups in total. The molecule has 0 atom stereocenters. The van der Waals surface area contributed by atoms with Crippen molar-refractivity contribution in [3.8, 4) is 11.5 Å². The van der Waals surface area contributed by atoms with Crippen molar-refractivity contribution < 1.29 is 28.2 Å². The zero-order chi connectivity index (χ0) is 21.8. The van der Waals surface area contributed by atoms with Crippen molar-refractivity contribution in [1.82, 2.24) is 0 Å². The Labute approximate surface area is 178 Å². The molecular weight excluding hydrogens is 399 g/mol. The van der Waals surface area contributed by atoms with Crippen LogP contribution in [0.25, 0.3) is 6.08 Å². The number of ketones is 1. The number of carbonyl (C=O) groups is 2. The standard InChI is InChI=1S/C25H19FO5/c1-16-21(29-15-23(27)30-14-17-6-3-2-4-7-17)11-10-20-24(28)22(31-25(16)20)13-18-8-5-9-19(26)12-18/h2-13H,14-15H2,1H3/b22-13-. The average molecular weight is 418 g/mol. The second kappa shape index (κ2) is 8.83. The second-order valence-corrected chi connectivity index (χ2v) is 7.00. The summed E-state index contributed by atoms with van der Waals surface area (Å²) >= 11 is 0. The van der Waals surface area contributed by atoms with Crippen molar-refractivity contribution in [2.24, 2.45) is 0 Å². The molecule has 156 valence electrons. The Morgan fingerprint density at radius 2 is 1.87 bits per heavy atom. The molecule has 0 aromatic heterocycles. The number of rotatable bonds is 6. The molecule has 0 saturated carbocycles. The van der Waals surface area contributed by atoms with Crippen LogP contribution in [0.2, 0.25) is 0 Å². The lowest BCUT2D eigenvalue weighted by atomic mass is 10.1. The van der Waals surface area contributed by atoms with Gasteiger partial charge in [-0.25, -0.2) is 9.18 Å². The number of benzene rings is 3. The lowest BCUT2D eigenvalue weighted by Crippen LogP contribution is -2.15. The Hall–Kier alpha value is -3.93. The number of allylic oxidation sites excluding steroid dienone is 1. The lowest BCUT2D eigenvalue weighted by molar-refractivity contribution is -0.147. The summed E-state index contributed by atoms with van der Waals surface area (Å²) in [6.45, 7) is 1.63. The largest absolute Gasteiger partial charge is 0.481 e. The summed E-state index contributed by atoms with van der Waals surface area (Å²) < 4.78 is 29.9. The van der Waals surface area contributed by atoms with Gasteiger partial charge in [-0.05, 0) is 48.4 Å². The van der Waals surface area contributed by atoms with Gasteiger partial charge in [-0.15, -0.1) is 0 Å². The molecule has 0 saturated heterocycles. The van der Waals surface area contributed by atoms with Crippen molar-refractivity contribution in [2.75, 3.05) is 6.61 Å². The van der Waals surface area contributed by atoms with Gasteiger partial charge < -0.3 is 14.2 Å². The van der Waals surface area contributed by atoms with Crippen LogP contribution in [0.15, 0.2) is 72.5 Å². The summed E-state index contributed by atoms with van der Waals surface area (Å²) in [5, 5.41) is 0. The normalized spacial score (nSPS) is 13.6. The smallest absolute Gasteiger partial charge is 0.344 e. The number of fused-ring (bicyclic) bond motifs is 1. The number of hydrogen-bond donors (Lipinski definition) is 0. The Balaban J connectivity index is 1.43. The van der Waals surface area contributed by atoms with Crippen LogP contribution >= 0.6 is 0 Å². The van der Waals surface area contributed by atoms with Gasteiger partial charge in [-0.1, -0.05) is 42.5 Å². The third-order valence-corrected chi connectivity index (χ3v) is 4.77. The maximum absolute atomic E-state index is 13.4. The Morgan fingerprint density at radius 3 is 2.65 bits per heavy atom. The third kappa shape index (κ3) is 4.64. The number of hydrogen-bond acceptors (Lipinski definition) is 5. The average Bonchev–Trinajstić information content (AvgIpc) is 3.09. The number of halogens is 1. The fourth-order valence-electron chi connectivity index (χ4n) is 3.19. The van der Waals surface area contributed by atoms with Crippen LogP contribution in [0.5, 0.6) is 11.5 Å². The first-order chi connectivity index (χ1) is 15.0. The van der Waals surface area contributed by atoms with Crippen LogP contribution in [-0.2, 0) is 16.1 Å². The SMILES string of the molecule is Cc1c(OCC(=O)OCc2ccccc2)ccc2c1O/C(=C\c1cccc(F)c1)C2=O. The van der Waals surface area contributed by atoms with E-state index in [1.807, 2.05) is 30.3 Å². The van der Waals surface area contributed by atoms with Crippen LogP contribution in [0, 0.1) is 12.7 Å². The summed E-state index contributed by atoms with van der Waals surface area (Å²) in [6, 6.07) is 18.4. The molecule has 0 unspecified atom stereocenters. The van der Waals surface area contributed by atoms with E-state index in [1.54, 1.807) is 31.2 Å². The van der Waals surface area contributed by atoms with E-state index in [1.165, 1.54) is 18.2 Å². The topological polar surface area (TPSA) is 61.8 Å². The minimum Gasteiger partial charge on any atom is -0.481 e. The van der Waals surface area contributed by atoms with Gasteiger partial charge in [0.15, 0.2) is 12.4 Å². The molecular formula is C25H19FO5. The van der Waals surface area contributed by atoms with Gasteiger partial charge in [0.2, 0.25) is 5.78 Å². The maximum Gasteiger partial charge on any atom is 0.344 e. The summed E-state index contributed by atoms with van der Waals surface area (Å²) in [4.78, 5) is 24.6. The summed E-state index contributed by atoms with van der Waals surface area (Å²) in [6.07, 6.45) is 1.49. The van der Waals surface area contributed by atoms with Crippen molar-refractivity contribution in [1.29, 1.82) is 0 Å². The molecule has 1 aliphatic heterocycles. The number of ether oxygens (including phenoxy) is 3. The van der Waals surface area contributed by atoms with Gasteiger partial charge >= 0.3 is 5.97 Å². The van der Waals surface area contributed by atoms with E-state index in [4.69, 9.17) is 14.2 Å². The molecule has 1 aliphatic rings. The van der Waals surface area contributed by atoms with Crippen LogP contribution < -0.4 is 9.47 Å². The van der Waals surface area contributed by atoms with E-state index in [0.29, 0.717) is 28.2 Å². The van der Waals surface area contributed by atoms with Gasteiger partial charge in [-0.2, -0.15) is 0 Å². The molecule has 0 aliphatic carbocycles. The number of esters is 1. The maximum atomic E-state index is 13.4. The van der Waals surface area contributed by atoms with E-state index in [9.17, 15) is 14.0 Å². The lowest BCUT2D eigenvalue weighted by Gasteiger charge is -2.11. The molecule has 0 bridgehead atoms. The summed E-state index contributed by atoms with van der Waals surface area (Å²) in [5.41, 5.74) is 2.38. The zero-order valence-corrected chi connectivity index (χ0v) is 16.8. The molecule has 0 radical (unpaired) electrons. The monoisotopic (exact) mass is 418 g/mol. The molecule has 0 amide bonds. The van der Waals surface area contributed by atoms with Crippen LogP contribution in [0.1, 0.15) is 27.0 Å². The highest BCUT2D eigenvalue weighted by atomic mass is 19.1. The Bertz CT molecular complexity index is 1170. The number of Topliss-reactive ketones (excluding diaryl/α,β-unsaturated/α-hetero) is 1. The first-order valence-electron chi connectivity index (χ1n) is 9.67. The zero-order valence-electron chi connectivity index (χ0n) is 16.8. The van der Waals surface area contributed by atoms with Crippen molar-refractivity contribution >= 4 is 17.8 Å². The Morgan fingerprint density at radius 1 is 1.06 bits per heavy atom. The molecule has 4 rings (SSSR count). The molecule has 5 nitrogen and oxygen atoms in total. The highest BCUT2D eigenvalue weighted by Crippen LogP contribution is 2.39. The highest BCUT2D eigenvalue weighted by Gasteiger charge is 2.30. The minimum absolute atomic E-state index is 0.100. The van der Waals surface area contributed by atoms with Crippen LogP contribution in [0.4, 0.5) is 4.39 Å². The van der Waals surface area contributed by atoms with Crippen LogP contribution in [0.3, 0.4) is 0 Å². The van der Waals surface area contributed by atoms with Crippen molar-refractivity contribution in [3.63, 3.8) is 0 Å². The minimum atomic E-state index is -0.507. The summed E-state index contributed by atoms with van der Waals surface area (Å²) in [5.74, 6) is -0.326. The molecule has 3 aromatic rings. The van der Waals surface area contributed by atoms with Crippen molar-refractivity contribution in [2.45, 2.75) is 13.5 Å². The predicted molar refractivity (Wildman–Crippen MR) is 112 cm³/mol. The van der Waals surface area contributed by atoms with Crippen molar-refractivity contribution in [3.05, 3.63) is 101 Å². The van der Waals surface area contributed by atoms with Gasteiger partial charge in [0, 0.05) is 5.56 Å². The third-order valence-electron chi connectivity index (χ3n) is 4.77. The van der Waals surface area contributed by atoms with Gasteiger partial charge in [-0.3, -0.25) is 4.79 Å². The molecule has 1 heterocycles. The van der Waals surface area contributed by atoms with E-state index in [2.05, 4.69) is 0 Å². The quantitative estimate of drug-likeness (QED) is 0.422. The molecule has 6 heteroatoms. The second-order valence-electron chi connectivity index (χ2n) is 7.00. The summed E-state index contributed by atoms with van der Waals surface area (Å²) in [7, 11) is 0. The van der Waals surface area contributed by atoms with Gasteiger partial charge in [0.1, 0.15) is 23.9 Å². The van der Waals surface area contributed by atoms with Crippen LogP contribution in [-0.4, -0.2) is 18.4 Å².